The van der Waals surface area contributed by atoms with Crippen LogP contribution in [0, 0.1) is 5.92 Å². The maximum absolute atomic E-state index is 12.3. The lowest BCUT2D eigenvalue weighted by atomic mass is 9.94. The molecule has 0 radical (unpaired) electrons. The summed E-state index contributed by atoms with van der Waals surface area (Å²) in [5.74, 6) is 0.181. The fourth-order valence-electron chi connectivity index (χ4n) is 2.63. The number of aliphatic hydroxyl groups excluding tert-OH is 1. The molecule has 116 valence electrons. The molecule has 21 heavy (non-hydrogen) atoms. The Balaban J connectivity index is 1.94. The first kappa shape index (κ1) is 15.6. The minimum atomic E-state index is -0.361. The largest absolute Gasteiger partial charge is 0.393 e. The van der Waals surface area contributed by atoms with Crippen molar-refractivity contribution >= 4 is 17.4 Å². The zero-order chi connectivity index (χ0) is 15.4. The second-order valence-corrected chi connectivity index (χ2v) is 5.96. The van der Waals surface area contributed by atoms with Gasteiger partial charge in [-0.15, -0.1) is 0 Å². The maximum Gasteiger partial charge on any atom is 0.321 e. The van der Waals surface area contributed by atoms with Gasteiger partial charge in [0.1, 0.15) is 0 Å². The lowest BCUT2D eigenvalue weighted by molar-refractivity contribution is 0.0766. The maximum atomic E-state index is 12.3. The lowest BCUT2D eigenvalue weighted by Crippen LogP contribution is -2.44. The Hall–Kier alpha value is -1.75. The van der Waals surface area contributed by atoms with Gasteiger partial charge in [-0.1, -0.05) is 0 Å². The zero-order valence-electron chi connectivity index (χ0n) is 13.0. The summed E-state index contributed by atoms with van der Waals surface area (Å²) >= 11 is 0. The van der Waals surface area contributed by atoms with Crippen molar-refractivity contribution in [1.82, 2.24) is 4.90 Å². The molecule has 1 saturated heterocycles. The predicted molar refractivity (Wildman–Crippen MR) is 85.8 cm³/mol. The van der Waals surface area contributed by atoms with Crippen molar-refractivity contribution in [3.8, 4) is 0 Å². The van der Waals surface area contributed by atoms with Gasteiger partial charge in [-0.25, -0.2) is 4.79 Å². The fraction of sp³-hybridized carbons (Fsp3) is 0.562. The topological polar surface area (TPSA) is 55.8 Å². The van der Waals surface area contributed by atoms with E-state index in [-0.39, 0.29) is 18.1 Å². The summed E-state index contributed by atoms with van der Waals surface area (Å²) in [6, 6.07) is 7.68. The Labute approximate surface area is 126 Å². The van der Waals surface area contributed by atoms with Crippen LogP contribution in [0.1, 0.15) is 19.8 Å². The molecule has 0 aliphatic carbocycles. The van der Waals surface area contributed by atoms with E-state index in [1.807, 2.05) is 43.3 Å². The number of likely N-dealkylation sites (tertiary alicyclic amines) is 1. The molecule has 5 nitrogen and oxygen atoms in total. The molecule has 0 aromatic heterocycles. The van der Waals surface area contributed by atoms with Gasteiger partial charge < -0.3 is 20.2 Å². The van der Waals surface area contributed by atoms with Gasteiger partial charge in [0.25, 0.3) is 0 Å². The average Bonchev–Trinajstić information content (AvgIpc) is 2.48. The molecular weight excluding hydrogens is 266 g/mol. The molecule has 1 aliphatic rings. The van der Waals surface area contributed by atoms with Crippen LogP contribution in [0.2, 0.25) is 0 Å². The van der Waals surface area contributed by atoms with Crippen LogP contribution in [-0.2, 0) is 0 Å². The van der Waals surface area contributed by atoms with E-state index in [1.165, 1.54) is 0 Å². The highest BCUT2D eigenvalue weighted by Gasteiger charge is 2.26. The molecule has 2 amide bonds. The quantitative estimate of drug-likeness (QED) is 0.899. The van der Waals surface area contributed by atoms with E-state index in [2.05, 4.69) is 5.32 Å². The number of amides is 2. The third-order valence-corrected chi connectivity index (χ3v) is 4.06. The normalized spacial score (nSPS) is 20.0. The summed E-state index contributed by atoms with van der Waals surface area (Å²) in [6.07, 6.45) is 1.57. The van der Waals surface area contributed by atoms with E-state index < -0.39 is 0 Å². The number of hydrogen-bond donors (Lipinski definition) is 2. The van der Waals surface area contributed by atoms with Crippen molar-refractivity contribution in [1.29, 1.82) is 0 Å². The van der Waals surface area contributed by atoms with E-state index >= 15 is 0 Å². The van der Waals surface area contributed by atoms with Crippen molar-refractivity contribution in [3.05, 3.63) is 24.3 Å². The molecule has 1 fully saturated rings. The summed E-state index contributed by atoms with van der Waals surface area (Å²) in [7, 11) is 3.97. The molecule has 1 aliphatic heterocycles. The van der Waals surface area contributed by atoms with Gasteiger partial charge in [-0.2, -0.15) is 0 Å². The zero-order valence-corrected chi connectivity index (χ0v) is 13.0. The number of benzene rings is 1. The van der Waals surface area contributed by atoms with Crippen molar-refractivity contribution < 1.29 is 9.90 Å². The summed E-state index contributed by atoms with van der Waals surface area (Å²) in [5, 5.41) is 12.6. The van der Waals surface area contributed by atoms with Crippen LogP contribution in [0.4, 0.5) is 16.2 Å². The second-order valence-electron chi connectivity index (χ2n) is 5.96. The van der Waals surface area contributed by atoms with E-state index in [9.17, 15) is 9.90 Å². The van der Waals surface area contributed by atoms with E-state index in [0.29, 0.717) is 6.54 Å². The first-order valence-corrected chi connectivity index (χ1v) is 7.48. The third kappa shape index (κ3) is 4.11. The molecule has 1 aromatic carbocycles. The number of hydrogen-bond acceptors (Lipinski definition) is 3. The van der Waals surface area contributed by atoms with Crippen LogP contribution < -0.4 is 10.2 Å². The summed E-state index contributed by atoms with van der Waals surface area (Å²) in [6.45, 7) is 3.18. The van der Waals surface area contributed by atoms with Gasteiger partial charge in [-0.05, 0) is 44.0 Å². The third-order valence-electron chi connectivity index (χ3n) is 4.06. The van der Waals surface area contributed by atoms with Gasteiger partial charge in [0.05, 0.1) is 6.10 Å². The van der Waals surface area contributed by atoms with Crippen molar-refractivity contribution in [2.24, 2.45) is 5.92 Å². The summed E-state index contributed by atoms with van der Waals surface area (Å²) in [4.78, 5) is 16.1. The molecule has 0 bridgehead atoms. The van der Waals surface area contributed by atoms with Crippen LogP contribution in [0.3, 0.4) is 0 Å². The van der Waals surface area contributed by atoms with Gasteiger partial charge in [-0.3, -0.25) is 0 Å². The molecule has 5 heteroatoms. The standard InChI is InChI=1S/C16H25N3O2/c1-12(20)13-5-4-10-19(11-13)16(21)17-14-6-8-15(9-7-14)18(2)3/h6-9,12-13,20H,4-5,10-11H2,1-3H3,(H,17,21). The first-order valence-electron chi connectivity index (χ1n) is 7.48. The monoisotopic (exact) mass is 291 g/mol. The first-order chi connectivity index (χ1) is 9.97. The number of anilines is 2. The average molecular weight is 291 g/mol. The highest BCUT2D eigenvalue weighted by Crippen LogP contribution is 2.21. The van der Waals surface area contributed by atoms with Gasteiger partial charge in [0, 0.05) is 44.5 Å². The number of urea groups is 1. The minimum Gasteiger partial charge on any atom is -0.393 e. The Kier molecular flexibility index (Phi) is 5.07. The fourth-order valence-corrected chi connectivity index (χ4v) is 2.63. The smallest absolute Gasteiger partial charge is 0.321 e. The number of piperidine rings is 1. The Morgan fingerprint density at radius 3 is 2.62 bits per heavy atom. The Bertz CT molecular complexity index is 471. The molecule has 0 spiro atoms. The Morgan fingerprint density at radius 1 is 1.38 bits per heavy atom. The number of aliphatic hydroxyl groups is 1. The summed E-state index contributed by atoms with van der Waals surface area (Å²) < 4.78 is 0. The lowest BCUT2D eigenvalue weighted by Gasteiger charge is -2.34. The second kappa shape index (κ2) is 6.80. The molecule has 1 aromatic rings. The molecule has 2 N–H and O–H groups in total. The molecule has 2 rings (SSSR count). The van der Waals surface area contributed by atoms with Gasteiger partial charge >= 0.3 is 6.03 Å². The van der Waals surface area contributed by atoms with Crippen LogP contribution in [0.5, 0.6) is 0 Å². The Morgan fingerprint density at radius 2 is 2.05 bits per heavy atom. The highest BCUT2D eigenvalue weighted by atomic mass is 16.3. The van der Waals surface area contributed by atoms with Crippen molar-refractivity contribution in [3.63, 3.8) is 0 Å². The molecule has 0 saturated carbocycles. The van der Waals surface area contributed by atoms with Crippen LogP contribution in [-0.4, -0.2) is 49.3 Å². The molecule has 1 heterocycles. The van der Waals surface area contributed by atoms with Crippen LogP contribution in [0.25, 0.3) is 0 Å². The molecule has 2 unspecified atom stereocenters. The number of carbonyl (C=O) groups is 1. The van der Waals surface area contributed by atoms with E-state index in [1.54, 1.807) is 11.8 Å². The molecule has 2 atom stereocenters. The molecular formula is C16H25N3O2. The number of nitrogens with one attached hydrogen (secondary N) is 1. The highest BCUT2D eigenvalue weighted by molar-refractivity contribution is 5.89. The number of rotatable bonds is 3. The minimum absolute atomic E-state index is 0.0852. The number of nitrogens with zero attached hydrogens (tertiary/aromatic N) is 2. The van der Waals surface area contributed by atoms with Crippen LogP contribution in [0.15, 0.2) is 24.3 Å². The predicted octanol–water partition coefficient (Wildman–Crippen LogP) is 2.38. The number of carbonyl (C=O) groups excluding carboxylic acids is 1. The SMILES string of the molecule is CC(O)C1CCCN(C(=O)Nc2ccc(N(C)C)cc2)C1. The van der Waals surface area contributed by atoms with E-state index in [4.69, 9.17) is 0 Å². The van der Waals surface area contributed by atoms with Crippen molar-refractivity contribution in [2.45, 2.75) is 25.9 Å². The van der Waals surface area contributed by atoms with Gasteiger partial charge in [0.15, 0.2) is 0 Å². The van der Waals surface area contributed by atoms with E-state index in [0.717, 1.165) is 30.8 Å². The van der Waals surface area contributed by atoms with Gasteiger partial charge in [0.2, 0.25) is 0 Å². The van der Waals surface area contributed by atoms with Crippen LogP contribution >= 0.6 is 0 Å². The summed E-state index contributed by atoms with van der Waals surface area (Å²) in [5.41, 5.74) is 1.89. The van der Waals surface area contributed by atoms with Crippen molar-refractivity contribution in [2.75, 3.05) is 37.4 Å².